The zero-order valence-corrected chi connectivity index (χ0v) is 18.5. The standard InChI is InChI=1S/C26H24N4O3/c1-29-15-14-22-17-27-26(28-25(22)29)30(16-13-20-7-10-23(33-2)11-8-20)18-21-5-3-19(4-6-21)9-12-24(31)32/h3-8,10-11,14-15,17H,13,16,18H2,1-2H3,(H,31,32). The normalized spacial score (nSPS) is 10.5. The smallest absolute Gasteiger partial charge is 0.382 e. The number of rotatable bonds is 7. The molecule has 2 heterocycles. The van der Waals surface area contributed by atoms with Gasteiger partial charge in [-0.3, -0.25) is 0 Å². The van der Waals surface area contributed by atoms with E-state index in [2.05, 4.69) is 33.9 Å². The number of benzene rings is 2. The van der Waals surface area contributed by atoms with Gasteiger partial charge in [0.1, 0.15) is 11.4 Å². The van der Waals surface area contributed by atoms with Crippen molar-refractivity contribution in [3.63, 3.8) is 0 Å². The lowest BCUT2D eigenvalue weighted by molar-refractivity contribution is -0.130. The van der Waals surface area contributed by atoms with E-state index in [0.717, 1.165) is 35.3 Å². The van der Waals surface area contributed by atoms with Crippen molar-refractivity contribution in [3.8, 4) is 17.6 Å². The lowest BCUT2D eigenvalue weighted by Gasteiger charge is -2.23. The molecule has 0 spiro atoms. The van der Waals surface area contributed by atoms with Crippen LogP contribution >= 0.6 is 0 Å². The van der Waals surface area contributed by atoms with Crippen molar-refractivity contribution in [2.24, 2.45) is 7.05 Å². The number of hydrogen-bond acceptors (Lipinski definition) is 5. The SMILES string of the molecule is COc1ccc(CCN(Cc2ccc(C#CC(=O)O)cc2)c2ncc3ccn(C)c3n2)cc1. The van der Waals surface area contributed by atoms with Crippen LogP contribution in [-0.2, 0) is 24.8 Å². The van der Waals surface area contributed by atoms with Crippen molar-refractivity contribution in [2.75, 3.05) is 18.6 Å². The highest BCUT2D eigenvalue weighted by molar-refractivity contribution is 5.87. The van der Waals surface area contributed by atoms with E-state index in [0.29, 0.717) is 18.1 Å². The molecule has 7 nitrogen and oxygen atoms in total. The van der Waals surface area contributed by atoms with Gasteiger partial charge in [0.25, 0.3) is 0 Å². The van der Waals surface area contributed by atoms with Crippen LogP contribution in [-0.4, -0.2) is 39.3 Å². The van der Waals surface area contributed by atoms with Crippen LogP contribution in [0.2, 0.25) is 0 Å². The summed E-state index contributed by atoms with van der Waals surface area (Å²) in [6.45, 7) is 1.33. The lowest BCUT2D eigenvalue weighted by atomic mass is 10.1. The molecule has 33 heavy (non-hydrogen) atoms. The van der Waals surface area contributed by atoms with Crippen molar-refractivity contribution in [3.05, 3.63) is 83.7 Å². The van der Waals surface area contributed by atoms with Crippen molar-refractivity contribution < 1.29 is 14.6 Å². The number of methoxy groups -OCH3 is 1. The van der Waals surface area contributed by atoms with Crippen LogP contribution in [0.1, 0.15) is 16.7 Å². The van der Waals surface area contributed by atoms with Crippen molar-refractivity contribution >= 4 is 23.0 Å². The first-order chi connectivity index (χ1) is 16.0. The van der Waals surface area contributed by atoms with E-state index in [9.17, 15) is 4.79 Å². The number of hydrogen-bond donors (Lipinski definition) is 1. The molecule has 0 fully saturated rings. The van der Waals surface area contributed by atoms with Gasteiger partial charge in [-0.2, -0.15) is 4.98 Å². The van der Waals surface area contributed by atoms with Crippen molar-refractivity contribution in [2.45, 2.75) is 13.0 Å². The molecule has 2 aromatic carbocycles. The predicted octanol–water partition coefficient (Wildman–Crippen LogP) is 3.66. The lowest BCUT2D eigenvalue weighted by Crippen LogP contribution is -2.27. The molecule has 0 aliphatic carbocycles. The summed E-state index contributed by atoms with van der Waals surface area (Å²) in [5.74, 6) is 5.12. The number of anilines is 1. The maximum atomic E-state index is 10.7. The second-order valence-electron chi connectivity index (χ2n) is 7.65. The maximum absolute atomic E-state index is 10.7. The van der Waals surface area contributed by atoms with Gasteiger partial charge in [-0.15, -0.1) is 0 Å². The highest BCUT2D eigenvalue weighted by Crippen LogP contribution is 2.19. The molecule has 2 aromatic heterocycles. The third kappa shape index (κ3) is 5.49. The number of nitrogens with zero attached hydrogens (tertiary/aromatic N) is 4. The number of carboxylic acid groups (broad SMARTS) is 1. The molecule has 0 atom stereocenters. The van der Waals surface area contributed by atoms with E-state index in [-0.39, 0.29) is 0 Å². The van der Waals surface area contributed by atoms with Gasteiger partial charge in [-0.1, -0.05) is 30.2 Å². The fourth-order valence-electron chi connectivity index (χ4n) is 3.53. The monoisotopic (exact) mass is 440 g/mol. The highest BCUT2D eigenvalue weighted by atomic mass is 16.5. The second kappa shape index (κ2) is 9.88. The Morgan fingerprint density at radius 3 is 2.52 bits per heavy atom. The third-order valence-corrected chi connectivity index (χ3v) is 5.35. The second-order valence-corrected chi connectivity index (χ2v) is 7.65. The van der Waals surface area contributed by atoms with E-state index in [1.54, 1.807) is 7.11 Å². The Morgan fingerprint density at radius 2 is 1.82 bits per heavy atom. The quantitative estimate of drug-likeness (QED) is 0.442. The Labute approximate surface area is 192 Å². The molecule has 0 radical (unpaired) electrons. The van der Waals surface area contributed by atoms with Gasteiger partial charge < -0.3 is 19.3 Å². The Hall–Kier alpha value is -4.31. The summed E-state index contributed by atoms with van der Waals surface area (Å²) in [6.07, 6.45) is 4.64. The molecule has 0 saturated carbocycles. The summed E-state index contributed by atoms with van der Waals surface area (Å²) < 4.78 is 7.24. The minimum atomic E-state index is -1.14. The minimum Gasteiger partial charge on any atom is -0.497 e. The fraction of sp³-hybridized carbons (Fsp3) is 0.192. The Bertz CT molecular complexity index is 1320. The molecule has 0 unspecified atom stereocenters. The molecule has 7 heteroatoms. The molecule has 4 aromatic rings. The largest absolute Gasteiger partial charge is 0.497 e. The van der Waals surface area contributed by atoms with Gasteiger partial charge in [0.2, 0.25) is 5.95 Å². The molecular formula is C26H24N4O3. The molecule has 0 bridgehead atoms. The van der Waals surface area contributed by atoms with Gasteiger partial charge in [-0.25, -0.2) is 9.78 Å². The summed E-state index contributed by atoms with van der Waals surface area (Å²) in [7, 11) is 3.63. The molecule has 0 aliphatic heterocycles. The molecule has 0 amide bonds. The topological polar surface area (TPSA) is 80.5 Å². The van der Waals surface area contributed by atoms with Crippen molar-refractivity contribution in [1.29, 1.82) is 0 Å². The summed E-state index contributed by atoms with van der Waals surface area (Å²) in [5.41, 5.74) is 3.79. The van der Waals surface area contributed by atoms with Crippen molar-refractivity contribution in [1.82, 2.24) is 14.5 Å². The first-order valence-corrected chi connectivity index (χ1v) is 10.5. The Balaban J connectivity index is 1.57. The first-order valence-electron chi connectivity index (χ1n) is 10.5. The summed E-state index contributed by atoms with van der Waals surface area (Å²) in [5, 5.41) is 9.73. The van der Waals surface area contributed by atoms with Gasteiger partial charge in [0.15, 0.2) is 0 Å². The number of fused-ring (bicyclic) bond motifs is 1. The van der Waals surface area contributed by atoms with E-state index in [1.807, 2.05) is 66.5 Å². The van der Waals surface area contributed by atoms with Gasteiger partial charge in [0, 0.05) is 49.4 Å². The van der Waals surface area contributed by atoms with Crippen LogP contribution in [0.4, 0.5) is 5.95 Å². The van der Waals surface area contributed by atoms with E-state index < -0.39 is 5.97 Å². The summed E-state index contributed by atoms with van der Waals surface area (Å²) in [6, 6.07) is 17.6. The Kier molecular flexibility index (Phi) is 6.56. The summed E-state index contributed by atoms with van der Waals surface area (Å²) in [4.78, 5) is 22.2. The van der Waals surface area contributed by atoms with E-state index in [4.69, 9.17) is 14.8 Å². The number of aromatic nitrogens is 3. The number of carbonyl (C=O) groups is 1. The van der Waals surface area contributed by atoms with E-state index in [1.165, 1.54) is 5.56 Å². The fourth-order valence-corrected chi connectivity index (χ4v) is 3.53. The van der Waals surface area contributed by atoms with Crippen LogP contribution in [0.25, 0.3) is 11.0 Å². The van der Waals surface area contributed by atoms with Crippen LogP contribution in [0.5, 0.6) is 5.75 Å². The highest BCUT2D eigenvalue weighted by Gasteiger charge is 2.13. The number of carboxylic acids is 1. The zero-order chi connectivity index (χ0) is 23.2. The Morgan fingerprint density at radius 1 is 1.09 bits per heavy atom. The number of aliphatic carboxylic acids is 1. The molecular weight excluding hydrogens is 416 g/mol. The minimum absolute atomic E-state index is 0.610. The molecule has 0 saturated heterocycles. The van der Waals surface area contributed by atoms with Crippen LogP contribution in [0, 0.1) is 11.8 Å². The van der Waals surface area contributed by atoms with Gasteiger partial charge in [0.05, 0.1) is 7.11 Å². The van der Waals surface area contributed by atoms with Crippen LogP contribution in [0.15, 0.2) is 67.0 Å². The predicted molar refractivity (Wildman–Crippen MR) is 127 cm³/mol. The molecule has 4 rings (SSSR count). The average molecular weight is 441 g/mol. The van der Waals surface area contributed by atoms with Gasteiger partial charge >= 0.3 is 5.97 Å². The van der Waals surface area contributed by atoms with Crippen LogP contribution < -0.4 is 9.64 Å². The first kappa shape index (κ1) is 21.9. The average Bonchev–Trinajstić information content (AvgIpc) is 3.21. The van der Waals surface area contributed by atoms with Gasteiger partial charge in [-0.05, 0) is 47.9 Å². The molecule has 166 valence electrons. The maximum Gasteiger partial charge on any atom is 0.382 e. The van der Waals surface area contributed by atoms with E-state index >= 15 is 0 Å². The number of aryl methyl sites for hydroxylation is 1. The molecule has 1 N–H and O–H groups in total. The van der Waals surface area contributed by atoms with Crippen LogP contribution in [0.3, 0.4) is 0 Å². The third-order valence-electron chi connectivity index (χ3n) is 5.35. The summed E-state index contributed by atoms with van der Waals surface area (Å²) >= 11 is 0. The zero-order valence-electron chi connectivity index (χ0n) is 18.5. The molecule has 0 aliphatic rings. The number of ether oxygens (including phenoxy) is 1.